The summed E-state index contributed by atoms with van der Waals surface area (Å²) < 4.78 is 0.912. The number of rotatable bonds is 5. The van der Waals surface area contributed by atoms with Crippen LogP contribution >= 0.6 is 15.9 Å². The number of amides is 1. The Balaban J connectivity index is 1.46. The number of halogens is 1. The van der Waals surface area contributed by atoms with Gasteiger partial charge in [0.2, 0.25) is 0 Å². The number of aromatic nitrogens is 2. The van der Waals surface area contributed by atoms with Gasteiger partial charge in [-0.25, -0.2) is 9.97 Å². The average molecular weight is 459 g/mol. The van der Waals surface area contributed by atoms with Crippen LogP contribution in [0.25, 0.3) is 11.3 Å². The van der Waals surface area contributed by atoms with E-state index in [4.69, 9.17) is 0 Å². The summed E-state index contributed by atoms with van der Waals surface area (Å²) in [5, 5.41) is 6.15. The monoisotopic (exact) mass is 458 g/mol. The molecule has 0 aliphatic carbocycles. The van der Waals surface area contributed by atoms with Gasteiger partial charge in [-0.2, -0.15) is 0 Å². The predicted octanol–water partition coefficient (Wildman–Crippen LogP) is 6.21. The van der Waals surface area contributed by atoms with Crippen LogP contribution in [0.3, 0.4) is 0 Å². The molecule has 0 fully saturated rings. The lowest BCUT2D eigenvalue weighted by Crippen LogP contribution is -2.11. The molecule has 1 amide bonds. The summed E-state index contributed by atoms with van der Waals surface area (Å²) in [6, 6.07) is 24.8. The van der Waals surface area contributed by atoms with E-state index in [1.54, 1.807) is 18.5 Å². The third-order valence-corrected chi connectivity index (χ3v) is 4.98. The Morgan fingerprint density at radius 3 is 2.43 bits per heavy atom. The van der Waals surface area contributed by atoms with Gasteiger partial charge < -0.3 is 10.6 Å². The summed E-state index contributed by atoms with van der Waals surface area (Å²) >= 11 is 3.40. The second-order valence-corrected chi connectivity index (χ2v) is 7.74. The van der Waals surface area contributed by atoms with E-state index < -0.39 is 0 Å². The highest BCUT2D eigenvalue weighted by Crippen LogP contribution is 2.22. The molecule has 0 unspecified atom stereocenters. The molecule has 1 heterocycles. The van der Waals surface area contributed by atoms with Gasteiger partial charge in [-0.15, -0.1) is 0 Å². The predicted molar refractivity (Wildman–Crippen MR) is 124 cm³/mol. The Morgan fingerprint density at radius 1 is 0.867 bits per heavy atom. The third kappa shape index (κ3) is 4.90. The molecule has 1 aromatic heterocycles. The molecule has 4 aromatic rings. The van der Waals surface area contributed by atoms with E-state index in [9.17, 15) is 4.79 Å². The number of anilines is 3. The van der Waals surface area contributed by atoms with Crippen molar-refractivity contribution in [2.75, 3.05) is 10.6 Å². The summed E-state index contributed by atoms with van der Waals surface area (Å²) in [6.07, 6.45) is 1.54. The summed E-state index contributed by atoms with van der Waals surface area (Å²) in [6.45, 7) is 2.05. The van der Waals surface area contributed by atoms with Crippen LogP contribution in [0.1, 0.15) is 15.9 Å². The van der Waals surface area contributed by atoms with Crippen LogP contribution in [0.2, 0.25) is 0 Å². The number of benzene rings is 3. The minimum Gasteiger partial charge on any atom is -0.340 e. The normalized spacial score (nSPS) is 10.5. The first-order chi connectivity index (χ1) is 14.6. The van der Waals surface area contributed by atoms with Crippen molar-refractivity contribution in [3.8, 4) is 11.3 Å². The minimum atomic E-state index is -0.164. The van der Waals surface area contributed by atoms with Crippen LogP contribution in [-0.2, 0) is 0 Å². The number of carbonyl (C=O) groups is 1. The Bertz CT molecular complexity index is 1190. The fourth-order valence-electron chi connectivity index (χ4n) is 3.01. The fourth-order valence-corrected chi connectivity index (χ4v) is 3.41. The Kier molecular flexibility index (Phi) is 5.86. The van der Waals surface area contributed by atoms with E-state index >= 15 is 0 Å². The molecule has 0 bridgehead atoms. The van der Waals surface area contributed by atoms with Crippen LogP contribution in [0.5, 0.6) is 0 Å². The van der Waals surface area contributed by atoms with Crippen molar-refractivity contribution in [2.45, 2.75) is 6.92 Å². The topological polar surface area (TPSA) is 66.9 Å². The molecule has 0 saturated heterocycles. The molecular weight excluding hydrogens is 440 g/mol. The van der Waals surface area contributed by atoms with E-state index in [1.165, 1.54) is 5.56 Å². The van der Waals surface area contributed by atoms with E-state index in [2.05, 4.69) is 55.6 Å². The summed E-state index contributed by atoms with van der Waals surface area (Å²) in [4.78, 5) is 21.1. The quantitative estimate of drug-likeness (QED) is 0.372. The minimum absolute atomic E-state index is 0.164. The summed E-state index contributed by atoms with van der Waals surface area (Å²) in [5.41, 5.74) is 5.21. The SMILES string of the molecule is Cc1cccc(-c2cc(Nc3ccc(C(=O)Nc4cccc(Br)c4)cc3)ncn2)c1. The number of hydrogen-bond acceptors (Lipinski definition) is 4. The van der Waals surface area contributed by atoms with Gasteiger partial charge in [0.25, 0.3) is 5.91 Å². The highest BCUT2D eigenvalue weighted by Gasteiger charge is 2.07. The molecule has 30 heavy (non-hydrogen) atoms. The van der Waals surface area contributed by atoms with E-state index in [0.717, 1.165) is 27.1 Å². The molecule has 5 nitrogen and oxygen atoms in total. The lowest BCUT2D eigenvalue weighted by atomic mass is 10.1. The smallest absolute Gasteiger partial charge is 0.255 e. The van der Waals surface area contributed by atoms with E-state index in [-0.39, 0.29) is 5.91 Å². The molecule has 6 heteroatoms. The van der Waals surface area contributed by atoms with Crippen molar-refractivity contribution in [3.63, 3.8) is 0 Å². The first kappa shape index (κ1) is 19.8. The van der Waals surface area contributed by atoms with Gasteiger partial charge in [0, 0.05) is 33.0 Å². The largest absolute Gasteiger partial charge is 0.340 e. The zero-order valence-corrected chi connectivity index (χ0v) is 17.8. The van der Waals surface area contributed by atoms with Crippen molar-refractivity contribution < 1.29 is 4.79 Å². The Labute approximate surface area is 183 Å². The van der Waals surface area contributed by atoms with Gasteiger partial charge in [0.05, 0.1) is 5.69 Å². The van der Waals surface area contributed by atoms with Gasteiger partial charge >= 0.3 is 0 Å². The molecule has 2 N–H and O–H groups in total. The maximum absolute atomic E-state index is 12.5. The molecule has 0 spiro atoms. The van der Waals surface area contributed by atoms with Crippen molar-refractivity contribution in [3.05, 3.63) is 101 Å². The number of carbonyl (C=O) groups excluding carboxylic acids is 1. The lowest BCUT2D eigenvalue weighted by molar-refractivity contribution is 0.102. The molecule has 0 saturated carbocycles. The Morgan fingerprint density at radius 2 is 1.67 bits per heavy atom. The van der Waals surface area contributed by atoms with Crippen LogP contribution < -0.4 is 10.6 Å². The molecule has 3 aromatic carbocycles. The molecule has 0 aliphatic rings. The standard InChI is InChI=1S/C24H19BrN4O/c1-16-4-2-5-18(12-16)22-14-23(27-15-26-22)28-20-10-8-17(9-11-20)24(30)29-21-7-3-6-19(25)13-21/h2-15H,1H3,(H,29,30)(H,26,27,28). The van der Waals surface area contributed by atoms with Crippen LogP contribution in [0, 0.1) is 6.92 Å². The maximum Gasteiger partial charge on any atom is 0.255 e. The average Bonchev–Trinajstić information content (AvgIpc) is 2.74. The van der Waals surface area contributed by atoms with Gasteiger partial charge in [0.1, 0.15) is 12.1 Å². The van der Waals surface area contributed by atoms with Crippen molar-refractivity contribution >= 4 is 39.0 Å². The van der Waals surface area contributed by atoms with Crippen LogP contribution in [0.4, 0.5) is 17.2 Å². The fraction of sp³-hybridized carbons (Fsp3) is 0.0417. The van der Waals surface area contributed by atoms with Crippen molar-refractivity contribution in [1.82, 2.24) is 9.97 Å². The van der Waals surface area contributed by atoms with Gasteiger partial charge in [-0.3, -0.25) is 4.79 Å². The first-order valence-corrected chi connectivity index (χ1v) is 10.2. The summed E-state index contributed by atoms with van der Waals surface area (Å²) in [5.74, 6) is 0.524. The molecule has 0 aliphatic heterocycles. The zero-order chi connectivity index (χ0) is 20.9. The zero-order valence-electron chi connectivity index (χ0n) is 16.3. The molecule has 0 atom stereocenters. The molecular formula is C24H19BrN4O. The van der Waals surface area contributed by atoms with Crippen molar-refractivity contribution in [1.29, 1.82) is 0 Å². The number of nitrogens with zero attached hydrogens (tertiary/aromatic N) is 2. The third-order valence-electron chi connectivity index (χ3n) is 4.48. The number of aryl methyl sites for hydroxylation is 1. The maximum atomic E-state index is 12.5. The summed E-state index contributed by atoms with van der Waals surface area (Å²) in [7, 11) is 0. The highest BCUT2D eigenvalue weighted by molar-refractivity contribution is 9.10. The highest BCUT2D eigenvalue weighted by atomic mass is 79.9. The number of nitrogens with one attached hydrogen (secondary N) is 2. The Hall–Kier alpha value is -3.51. The molecule has 0 radical (unpaired) electrons. The van der Waals surface area contributed by atoms with Crippen LogP contribution in [-0.4, -0.2) is 15.9 Å². The molecule has 148 valence electrons. The van der Waals surface area contributed by atoms with Gasteiger partial charge in [-0.1, -0.05) is 45.8 Å². The van der Waals surface area contributed by atoms with Gasteiger partial charge in [0.15, 0.2) is 0 Å². The second kappa shape index (κ2) is 8.88. The van der Waals surface area contributed by atoms with Gasteiger partial charge in [-0.05, 0) is 55.5 Å². The second-order valence-electron chi connectivity index (χ2n) is 6.82. The van der Waals surface area contributed by atoms with Crippen LogP contribution in [0.15, 0.2) is 89.7 Å². The number of hydrogen-bond donors (Lipinski definition) is 2. The van der Waals surface area contributed by atoms with Crippen molar-refractivity contribution in [2.24, 2.45) is 0 Å². The lowest BCUT2D eigenvalue weighted by Gasteiger charge is -2.09. The van der Waals surface area contributed by atoms with E-state index in [0.29, 0.717) is 11.4 Å². The van der Waals surface area contributed by atoms with E-state index in [1.807, 2.05) is 54.6 Å². The molecule has 4 rings (SSSR count). The first-order valence-electron chi connectivity index (χ1n) is 9.40.